The van der Waals surface area contributed by atoms with E-state index in [-0.39, 0.29) is 10.7 Å². The lowest BCUT2D eigenvalue weighted by Gasteiger charge is -2.25. The maximum atomic E-state index is 12.5. The third-order valence-electron chi connectivity index (χ3n) is 5.31. The molecule has 1 N–H and O–H groups in total. The lowest BCUT2D eigenvalue weighted by Crippen LogP contribution is -2.52. The average Bonchev–Trinajstić information content (AvgIpc) is 2.98. The summed E-state index contributed by atoms with van der Waals surface area (Å²) in [4.78, 5) is 28.3. The van der Waals surface area contributed by atoms with E-state index in [1.807, 2.05) is 19.9 Å². The van der Waals surface area contributed by atoms with Crippen LogP contribution >= 0.6 is 12.2 Å². The third-order valence-corrected chi connectivity index (χ3v) is 5.69. The van der Waals surface area contributed by atoms with E-state index in [0.717, 1.165) is 35.7 Å². The van der Waals surface area contributed by atoms with Gasteiger partial charge in [-0.2, -0.15) is 0 Å². The second-order valence-corrected chi connectivity index (χ2v) is 7.42. The first-order valence-corrected chi connectivity index (χ1v) is 10.1. The highest BCUT2D eigenvalue weighted by Crippen LogP contribution is 2.25. The first kappa shape index (κ1) is 20.8. The van der Waals surface area contributed by atoms with Gasteiger partial charge in [-0.15, -0.1) is 0 Å². The Labute approximate surface area is 176 Å². The molecule has 0 aliphatic carbocycles. The Morgan fingerprint density at radius 3 is 2.31 bits per heavy atom. The second-order valence-electron chi connectivity index (χ2n) is 7.03. The number of likely N-dealkylation sites (N-methyl/N-ethyl adjacent to an activating group) is 1. The molecule has 2 amide bonds. The van der Waals surface area contributed by atoms with Crippen molar-refractivity contribution in [1.29, 1.82) is 0 Å². The van der Waals surface area contributed by atoms with Gasteiger partial charge in [-0.05, 0) is 81.9 Å². The number of nitrogens with zero attached hydrogens (tertiary/aromatic N) is 3. The van der Waals surface area contributed by atoms with Crippen LogP contribution in [-0.2, 0) is 9.59 Å². The highest BCUT2D eigenvalue weighted by Gasteiger charge is 2.31. The molecule has 2 heterocycles. The Kier molecular flexibility index (Phi) is 5.88. The first-order chi connectivity index (χ1) is 13.8. The monoisotopic (exact) mass is 410 g/mol. The first-order valence-electron chi connectivity index (χ1n) is 9.67. The van der Waals surface area contributed by atoms with Crippen LogP contribution < -0.4 is 10.2 Å². The van der Waals surface area contributed by atoms with Gasteiger partial charge in [-0.3, -0.25) is 19.8 Å². The number of anilines is 1. The predicted octanol–water partition coefficient (Wildman–Crippen LogP) is 3.20. The number of nitrogens with one attached hydrogen (secondary N) is 1. The van der Waals surface area contributed by atoms with Crippen molar-refractivity contribution in [3.63, 3.8) is 0 Å². The summed E-state index contributed by atoms with van der Waals surface area (Å²) in [6, 6.07) is 10.4. The number of carbonyl (C=O) groups excluding carboxylic acids is 2. The molecule has 0 unspecified atom stereocenters. The number of rotatable bonds is 5. The molecule has 0 atom stereocenters. The fraction of sp³-hybridized carbons (Fsp3) is 0.318. The number of aryl methyl sites for hydroxylation is 1. The number of aromatic nitrogens is 1. The van der Waals surface area contributed by atoms with E-state index in [9.17, 15) is 9.59 Å². The molecule has 6 nitrogen and oxygen atoms in total. The van der Waals surface area contributed by atoms with Gasteiger partial charge >= 0.3 is 0 Å². The molecule has 1 aliphatic rings. The van der Waals surface area contributed by atoms with Crippen LogP contribution in [0.2, 0.25) is 0 Å². The molecule has 1 aromatic carbocycles. The van der Waals surface area contributed by atoms with Gasteiger partial charge in [0.2, 0.25) is 0 Å². The topological polar surface area (TPSA) is 57.6 Å². The smallest absolute Gasteiger partial charge is 0.265 e. The molecule has 0 spiro atoms. The van der Waals surface area contributed by atoms with E-state index in [1.54, 1.807) is 13.1 Å². The van der Waals surface area contributed by atoms with Gasteiger partial charge in [0.1, 0.15) is 5.57 Å². The van der Waals surface area contributed by atoms with Gasteiger partial charge in [0, 0.05) is 42.9 Å². The van der Waals surface area contributed by atoms with Crippen LogP contribution in [0.3, 0.4) is 0 Å². The van der Waals surface area contributed by atoms with Crippen molar-refractivity contribution in [3.8, 4) is 5.69 Å². The van der Waals surface area contributed by atoms with Crippen molar-refractivity contribution >= 4 is 40.9 Å². The maximum absolute atomic E-state index is 12.5. The number of carbonyl (C=O) groups is 2. The normalized spacial score (nSPS) is 15.8. The molecule has 0 bridgehead atoms. The van der Waals surface area contributed by atoms with Crippen LogP contribution in [-0.4, -0.2) is 46.5 Å². The number of hydrogen-bond donors (Lipinski definition) is 1. The van der Waals surface area contributed by atoms with Crippen LogP contribution in [0.5, 0.6) is 0 Å². The minimum Gasteiger partial charge on any atom is -0.372 e. The Balaban J connectivity index is 1.98. The van der Waals surface area contributed by atoms with Gasteiger partial charge in [0.25, 0.3) is 11.8 Å². The van der Waals surface area contributed by atoms with Crippen LogP contribution in [0.25, 0.3) is 11.8 Å². The minimum atomic E-state index is -0.466. The molecule has 0 radical (unpaired) electrons. The van der Waals surface area contributed by atoms with Crippen LogP contribution in [0.1, 0.15) is 30.8 Å². The highest BCUT2D eigenvalue weighted by molar-refractivity contribution is 7.80. The molecule has 3 rings (SSSR count). The average molecular weight is 411 g/mol. The quantitative estimate of drug-likeness (QED) is 0.467. The van der Waals surface area contributed by atoms with Gasteiger partial charge in [-0.1, -0.05) is 0 Å². The van der Waals surface area contributed by atoms with Gasteiger partial charge in [0.15, 0.2) is 5.11 Å². The molecule has 1 fully saturated rings. The van der Waals surface area contributed by atoms with Crippen LogP contribution in [0.15, 0.2) is 35.9 Å². The Morgan fingerprint density at radius 2 is 1.72 bits per heavy atom. The van der Waals surface area contributed by atoms with E-state index < -0.39 is 11.8 Å². The van der Waals surface area contributed by atoms with Gasteiger partial charge in [0.05, 0.1) is 0 Å². The molecule has 1 aromatic heterocycles. The molecule has 152 valence electrons. The van der Waals surface area contributed by atoms with Crippen molar-refractivity contribution in [1.82, 2.24) is 14.8 Å². The fourth-order valence-corrected chi connectivity index (χ4v) is 3.81. The second kappa shape index (κ2) is 8.21. The predicted molar refractivity (Wildman–Crippen MR) is 120 cm³/mol. The summed E-state index contributed by atoms with van der Waals surface area (Å²) >= 11 is 5.00. The third kappa shape index (κ3) is 3.82. The Morgan fingerprint density at radius 1 is 1.10 bits per heavy atom. The summed E-state index contributed by atoms with van der Waals surface area (Å²) in [6.07, 6.45) is 1.64. The number of thiocarbonyl (C=S) groups is 1. The highest BCUT2D eigenvalue weighted by atomic mass is 32.1. The molecular weight excluding hydrogens is 384 g/mol. The number of hydrogen-bond acceptors (Lipinski definition) is 4. The van der Waals surface area contributed by atoms with Crippen LogP contribution in [0, 0.1) is 13.8 Å². The summed E-state index contributed by atoms with van der Waals surface area (Å²) in [7, 11) is 1.55. The van der Waals surface area contributed by atoms with Gasteiger partial charge in [-0.25, -0.2) is 0 Å². The van der Waals surface area contributed by atoms with Crippen molar-refractivity contribution in [2.24, 2.45) is 0 Å². The van der Waals surface area contributed by atoms with Crippen molar-refractivity contribution in [2.45, 2.75) is 27.7 Å². The lowest BCUT2D eigenvalue weighted by atomic mass is 10.1. The van der Waals surface area contributed by atoms with E-state index in [2.05, 4.69) is 52.9 Å². The molecular formula is C22H26N4O2S. The summed E-state index contributed by atoms with van der Waals surface area (Å²) in [5.41, 5.74) is 5.12. The summed E-state index contributed by atoms with van der Waals surface area (Å²) in [5.74, 6) is -0.862. The molecule has 0 saturated carbocycles. The van der Waals surface area contributed by atoms with Crippen LogP contribution in [0.4, 0.5) is 5.69 Å². The van der Waals surface area contributed by atoms with E-state index in [1.165, 1.54) is 10.6 Å². The van der Waals surface area contributed by atoms with Crippen molar-refractivity contribution < 1.29 is 9.59 Å². The molecule has 29 heavy (non-hydrogen) atoms. The number of benzene rings is 1. The van der Waals surface area contributed by atoms with E-state index >= 15 is 0 Å². The standard InChI is InChI=1S/C22H26N4O2S/c1-6-25(7-2)17-8-10-18(11-9-17)26-14(3)12-16(15(26)4)13-19-20(27)23-22(29)24(5)21(19)28/h8-13H,6-7H2,1-5H3,(H,23,27,29)/b19-13-. The lowest BCUT2D eigenvalue weighted by molar-refractivity contribution is -0.128. The molecule has 1 saturated heterocycles. The zero-order chi connectivity index (χ0) is 21.3. The van der Waals surface area contributed by atoms with E-state index in [0.29, 0.717) is 0 Å². The summed E-state index contributed by atoms with van der Waals surface area (Å²) < 4.78 is 2.12. The zero-order valence-corrected chi connectivity index (χ0v) is 18.3. The summed E-state index contributed by atoms with van der Waals surface area (Å²) in [6.45, 7) is 10.2. The SMILES string of the molecule is CCN(CC)c1ccc(-n2c(C)cc(/C=C3/C(=O)NC(=S)N(C)C3=O)c2C)cc1. The van der Waals surface area contributed by atoms with Crippen molar-refractivity contribution in [3.05, 3.63) is 52.9 Å². The number of amides is 2. The van der Waals surface area contributed by atoms with E-state index in [4.69, 9.17) is 12.2 Å². The maximum Gasteiger partial charge on any atom is 0.265 e. The fourth-order valence-electron chi connectivity index (χ4n) is 3.63. The summed E-state index contributed by atoms with van der Waals surface area (Å²) in [5, 5.41) is 2.67. The molecule has 1 aliphatic heterocycles. The Hall–Kier alpha value is -2.93. The molecule has 7 heteroatoms. The van der Waals surface area contributed by atoms with Crippen molar-refractivity contribution in [2.75, 3.05) is 25.0 Å². The largest absolute Gasteiger partial charge is 0.372 e. The zero-order valence-electron chi connectivity index (χ0n) is 17.4. The minimum absolute atomic E-state index is 0.0817. The van der Waals surface area contributed by atoms with Gasteiger partial charge < -0.3 is 9.47 Å². The molecule has 2 aromatic rings. The Bertz CT molecular complexity index is 1000.